The van der Waals surface area contributed by atoms with Crippen LogP contribution in [0.15, 0.2) is 60.8 Å². The Hall–Kier alpha value is -3.51. The number of carboxylic acid groups (broad SMARTS) is 1. The summed E-state index contributed by atoms with van der Waals surface area (Å²) in [6.07, 6.45) is 5.77. The number of para-hydroxylation sites is 1. The summed E-state index contributed by atoms with van der Waals surface area (Å²) in [4.78, 5) is 26.9. The van der Waals surface area contributed by atoms with Gasteiger partial charge in [0.25, 0.3) is 0 Å². The second-order valence-corrected chi connectivity index (χ2v) is 6.40. The number of fused-ring (bicyclic) bond motifs is 1. The molecule has 0 aliphatic heterocycles. The molecule has 3 aromatic rings. The van der Waals surface area contributed by atoms with Gasteiger partial charge >= 0.3 is 5.97 Å². The van der Waals surface area contributed by atoms with Crippen molar-refractivity contribution >= 4 is 40.6 Å². The standard InChI is InChI=1S/C22H21N3O3/c23-19(11-12-21(26)27)22(28)25-17-9-6-15(7-10-17)5-8-16-13-14-24-20-4-2-1-3-18(16)20/h1-10,13-14,19H,11-12,23H2,(H,25,28)(H,26,27)/b8-5+/t19-/m1/s1. The topological polar surface area (TPSA) is 105 Å². The molecule has 0 aliphatic carbocycles. The van der Waals surface area contributed by atoms with Crippen molar-refractivity contribution in [1.29, 1.82) is 0 Å². The average Bonchev–Trinajstić information content (AvgIpc) is 2.71. The van der Waals surface area contributed by atoms with Crippen LogP contribution < -0.4 is 11.1 Å². The maximum Gasteiger partial charge on any atom is 0.303 e. The van der Waals surface area contributed by atoms with Crippen molar-refractivity contribution in [3.63, 3.8) is 0 Å². The van der Waals surface area contributed by atoms with E-state index in [1.54, 1.807) is 18.3 Å². The highest BCUT2D eigenvalue weighted by atomic mass is 16.4. The Morgan fingerprint density at radius 3 is 2.57 bits per heavy atom. The van der Waals surface area contributed by atoms with Crippen LogP contribution in [0, 0.1) is 0 Å². The first-order chi connectivity index (χ1) is 13.5. The van der Waals surface area contributed by atoms with Crippen molar-refractivity contribution in [1.82, 2.24) is 4.98 Å². The van der Waals surface area contributed by atoms with Gasteiger partial charge in [-0.05, 0) is 41.8 Å². The summed E-state index contributed by atoms with van der Waals surface area (Å²) in [5.41, 5.74) is 9.33. The molecule has 28 heavy (non-hydrogen) atoms. The highest BCUT2D eigenvalue weighted by Crippen LogP contribution is 2.19. The van der Waals surface area contributed by atoms with Gasteiger partial charge in [0.2, 0.25) is 5.91 Å². The third kappa shape index (κ3) is 5.02. The van der Waals surface area contributed by atoms with Crippen molar-refractivity contribution in [2.24, 2.45) is 5.73 Å². The molecule has 0 bridgehead atoms. The molecule has 3 rings (SSSR count). The first-order valence-corrected chi connectivity index (χ1v) is 8.93. The molecule has 2 aromatic carbocycles. The van der Waals surface area contributed by atoms with E-state index in [9.17, 15) is 9.59 Å². The smallest absolute Gasteiger partial charge is 0.303 e. The lowest BCUT2D eigenvalue weighted by molar-refractivity contribution is -0.137. The van der Waals surface area contributed by atoms with Crippen molar-refractivity contribution < 1.29 is 14.7 Å². The van der Waals surface area contributed by atoms with Crippen molar-refractivity contribution in [3.8, 4) is 0 Å². The zero-order chi connectivity index (χ0) is 19.9. The van der Waals surface area contributed by atoms with Crippen molar-refractivity contribution in [2.45, 2.75) is 18.9 Å². The van der Waals surface area contributed by atoms with Crippen molar-refractivity contribution in [3.05, 3.63) is 71.9 Å². The van der Waals surface area contributed by atoms with E-state index in [0.29, 0.717) is 5.69 Å². The van der Waals surface area contributed by atoms with Crippen LogP contribution in [0.25, 0.3) is 23.1 Å². The van der Waals surface area contributed by atoms with E-state index in [0.717, 1.165) is 22.0 Å². The number of carboxylic acids is 1. The van der Waals surface area contributed by atoms with Crippen LogP contribution in [0.2, 0.25) is 0 Å². The Morgan fingerprint density at radius 2 is 1.82 bits per heavy atom. The molecular formula is C22H21N3O3. The lowest BCUT2D eigenvalue weighted by Crippen LogP contribution is -2.36. The number of rotatable bonds is 7. The molecule has 0 radical (unpaired) electrons. The maximum absolute atomic E-state index is 12.0. The lowest BCUT2D eigenvalue weighted by atomic mass is 10.1. The Kier molecular flexibility index (Phi) is 6.14. The fraction of sp³-hybridized carbons (Fsp3) is 0.136. The third-order valence-corrected chi connectivity index (χ3v) is 4.32. The Labute approximate surface area is 162 Å². The van der Waals surface area contributed by atoms with E-state index in [-0.39, 0.29) is 12.8 Å². The zero-order valence-corrected chi connectivity index (χ0v) is 15.2. The number of nitrogens with zero attached hydrogens (tertiary/aromatic N) is 1. The first kappa shape index (κ1) is 19.3. The molecule has 1 atom stereocenters. The SMILES string of the molecule is N[C@H](CCC(=O)O)C(=O)Nc1ccc(/C=C/c2ccnc3ccccc23)cc1. The molecule has 0 spiro atoms. The van der Waals surface area contributed by atoms with Crippen LogP contribution in [0.1, 0.15) is 24.0 Å². The number of carbonyl (C=O) groups excluding carboxylic acids is 1. The van der Waals surface area contributed by atoms with Gasteiger partial charge in [-0.2, -0.15) is 0 Å². The van der Waals surface area contributed by atoms with Gasteiger partial charge in [0.05, 0.1) is 11.6 Å². The van der Waals surface area contributed by atoms with Crippen LogP contribution in [0.5, 0.6) is 0 Å². The minimum absolute atomic E-state index is 0.0991. The Morgan fingerprint density at radius 1 is 1.07 bits per heavy atom. The molecule has 1 aromatic heterocycles. The molecule has 6 nitrogen and oxygen atoms in total. The van der Waals surface area contributed by atoms with Crippen LogP contribution in [0.4, 0.5) is 5.69 Å². The van der Waals surface area contributed by atoms with Crippen molar-refractivity contribution in [2.75, 3.05) is 5.32 Å². The average molecular weight is 375 g/mol. The number of benzene rings is 2. The van der Waals surface area contributed by atoms with Gasteiger partial charge < -0.3 is 16.2 Å². The van der Waals surface area contributed by atoms with Gasteiger partial charge in [0, 0.05) is 23.7 Å². The first-order valence-electron chi connectivity index (χ1n) is 8.93. The van der Waals surface area contributed by atoms with Gasteiger partial charge in [-0.25, -0.2) is 0 Å². The normalized spacial score (nSPS) is 12.2. The zero-order valence-electron chi connectivity index (χ0n) is 15.2. The van der Waals surface area contributed by atoms with Gasteiger partial charge in [0.15, 0.2) is 0 Å². The van der Waals surface area contributed by atoms with Crippen LogP contribution in [-0.2, 0) is 9.59 Å². The number of pyridine rings is 1. The Balaban J connectivity index is 1.65. The van der Waals surface area contributed by atoms with Gasteiger partial charge in [0.1, 0.15) is 0 Å². The Bertz CT molecular complexity index is 1010. The molecule has 0 saturated carbocycles. The summed E-state index contributed by atoms with van der Waals surface area (Å²) < 4.78 is 0. The summed E-state index contributed by atoms with van der Waals surface area (Å²) in [5.74, 6) is -1.37. The predicted octanol–water partition coefficient (Wildman–Crippen LogP) is 3.54. The highest BCUT2D eigenvalue weighted by molar-refractivity contribution is 5.95. The number of nitrogens with two attached hydrogens (primary N) is 1. The van der Waals surface area contributed by atoms with E-state index >= 15 is 0 Å². The molecule has 0 unspecified atom stereocenters. The number of aliphatic carboxylic acids is 1. The number of hydrogen-bond donors (Lipinski definition) is 3. The van der Waals surface area contributed by atoms with E-state index < -0.39 is 17.9 Å². The van der Waals surface area contributed by atoms with E-state index in [2.05, 4.69) is 10.3 Å². The van der Waals surface area contributed by atoms with E-state index in [4.69, 9.17) is 10.8 Å². The van der Waals surface area contributed by atoms with E-state index in [1.165, 1.54) is 0 Å². The minimum atomic E-state index is -0.971. The largest absolute Gasteiger partial charge is 0.481 e. The van der Waals surface area contributed by atoms with Gasteiger partial charge in [-0.3, -0.25) is 14.6 Å². The fourth-order valence-corrected chi connectivity index (χ4v) is 2.77. The number of hydrogen-bond acceptors (Lipinski definition) is 4. The second-order valence-electron chi connectivity index (χ2n) is 6.40. The summed E-state index contributed by atoms with van der Waals surface area (Å²) in [7, 11) is 0. The monoisotopic (exact) mass is 375 g/mol. The number of amides is 1. The maximum atomic E-state index is 12.0. The molecule has 1 amide bonds. The van der Waals surface area contributed by atoms with Crippen LogP contribution >= 0.6 is 0 Å². The quantitative estimate of drug-likeness (QED) is 0.586. The number of aromatic nitrogens is 1. The summed E-state index contributed by atoms with van der Waals surface area (Å²) >= 11 is 0. The number of nitrogens with one attached hydrogen (secondary N) is 1. The summed E-state index contributed by atoms with van der Waals surface area (Å²) in [6, 6.07) is 16.4. The third-order valence-electron chi connectivity index (χ3n) is 4.32. The molecule has 142 valence electrons. The van der Waals surface area contributed by atoms with Gasteiger partial charge in [-0.1, -0.05) is 42.5 Å². The molecule has 6 heteroatoms. The molecule has 0 aliphatic rings. The van der Waals surface area contributed by atoms with Crippen LogP contribution in [0.3, 0.4) is 0 Å². The molecule has 4 N–H and O–H groups in total. The molecular weight excluding hydrogens is 354 g/mol. The van der Waals surface area contributed by atoms with E-state index in [1.807, 2.05) is 54.6 Å². The van der Waals surface area contributed by atoms with Gasteiger partial charge in [-0.15, -0.1) is 0 Å². The fourth-order valence-electron chi connectivity index (χ4n) is 2.77. The number of carbonyl (C=O) groups is 2. The second kappa shape index (κ2) is 8.92. The lowest BCUT2D eigenvalue weighted by Gasteiger charge is -2.11. The minimum Gasteiger partial charge on any atom is -0.481 e. The molecule has 1 heterocycles. The predicted molar refractivity (Wildman–Crippen MR) is 111 cm³/mol. The summed E-state index contributed by atoms with van der Waals surface area (Å²) in [5, 5.41) is 12.4. The molecule has 0 fully saturated rings. The summed E-state index contributed by atoms with van der Waals surface area (Å²) in [6.45, 7) is 0. The van der Waals surface area contributed by atoms with Crippen LogP contribution in [-0.4, -0.2) is 28.0 Å². The molecule has 0 saturated heterocycles. The number of anilines is 1. The highest BCUT2D eigenvalue weighted by Gasteiger charge is 2.14.